The molecule has 2 aromatic rings. The highest BCUT2D eigenvalue weighted by atomic mass is 16.5. The molecular formula is C22H25N3O3. The highest BCUT2D eigenvalue weighted by Gasteiger charge is 2.48. The van der Waals surface area contributed by atoms with Gasteiger partial charge in [-0.15, -0.1) is 0 Å². The summed E-state index contributed by atoms with van der Waals surface area (Å²) in [6.45, 7) is 2.26. The van der Waals surface area contributed by atoms with Gasteiger partial charge in [0.25, 0.3) is 5.91 Å². The van der Waals surface area contributed by atoms with Gasteiger partial charge in [-0.05, 0) is 49.9 Å². The molecule has 2 saturated heterocycles. The van der Waals surface area contributed by atoms with Crippen LogP contribution in [0.2, 0.25) is 0 Å². The first kappa shape index (κ1) is 18.5. The molecule has 6 nitrogen and oxygen atoms in total. The molecule has 2 aromatic carbocycles. The zero-order chi connectivity index (χ0) is 19.7. The Labute approximate surface area is 165 Å². The third-order valence-electron chi connectivity index (χ3n) is 5.96. The van der Waals surface area contributed by atoms with Crippen LogP contribution in [0.15, 0.2) is 54.6 Å². The fourth-order valence-electron chi connectivity index (χ4n) is 4.19. The number of piperazine rings is 1. The maximum absolute atomic E-state index is 13.0. The van der Waals surface area contributed by atoms with Crippen LogP contribution < -0.4 is 9.64 Å². The van der Waals surface area contributed by atoms with Crippen molar-refractivity contribution in [2.24, 2.45) is 0 Å². The minimum absolute atomic E-state index is 0.0242. The highest BCUT2D eigenvalue weighted by Crippen LogP contribution is 2.34. The maximum atomic E-state index is 13.0. The first-order valence-corrected chi connectivity index (χ1v) is 9.52. The molecule has 0 aliphatic carbocycles. The van der Waals surface area contributed by atoms with Crippen LogP contribution in [0.5, 0.6) is 5.75 Å². The molecule has 0 bridgehead atoms. The summed E-state index contributed by atoms with van der Waals surface area (Å²) in [4.78, 5) is 31.5. The molecule has 0 saturated carbocycles. The van der Waals surface area contributed by atoms with E-state index in [1.807, 2.05) is 59.3 Å². The second-order valence-electron chi connectivity index (χ2n) is 7.60. The summed E-state index contributed by atoms with van der Waals surface area (Å²) in [6.07, 6.45) is 0.849. The molecule has 1 spiro atoms. The lowest BCUT2D eigenvalue weighted by Crippen LogP contribution is -2.64. The Morgan fingerprint density at radius 1 is 1.04 bits per heavy atom. The number of carbonyl (C=O) groups excluding carboxylic acids is 2. The van der Waals surface area contributed by atoms with Crippen LogP contribution in [0.1, 0.15) is 16.8 Å². The lowest BCUT2D eigenvalue weighted by molar-refractivity contribution is -0.123. The second kappa shape index (κ2) is 7.28. The van der Waals surface area contributed by atoms with E-state index in [0.717, 1.165) is 17.9 Å². The summed E-state index contributed by atoms with van der Waals surface area (Å²) in [6, 6.07) is 17.0. The third-order valence-corrected chi connectivity index (χ3v) is 5.96. The van der Waals surface area contributed by atoms with E-state index in [1.54, 1.807) is 19.2 Å². The lowest BCUT2D eigenvalue weighted by atomic mass is 9.92. The Morgan fingerprint density at radius 2 is 1.75 bits per heavy atom. The van der Waals surface area contributed by atoms with Gasteiger partial charge in [0.15, 0.2) is 0 Å². The monoisotopic (exact) mass is 379 g/mol. The number of likely N-dealkylation sites (tertiary alicyclic amines) is 1. The number of anilines is 1. The van der Waals surface area contributed by atoms with Gasteiger partial charge < -0.3 is 14.5 Å². The molecule has 146 valence electrons. The predicted molar refractivity (Wildman–Crippen MR) is 108 cm³/mol. The van der Waals surface area contributed by atoms with Gasteiger partial charge in [0.2, 0.25) is 5.91 Å². The van der Waals surface area contributed by atoms with Gasteiger partial charge in [0, 0.05) is 30.9 Å². The third kappa shape index (κ3) is 3.24. The van der Waals surface area contributed by atoms with Crippen LogP contribution in [0, 0.1) is 0 Å². The number of amides is 2. The van der Waals surface area contributed by atoms with E-state index in [1.165, 1.54) is 0 Å². The van der Waals surface area contributed by atoms with Gasteiger partial charge >= 0.3 is 0 Å². The van der Waals surface area contributed by atoms with Crippen molar-refractivity contribution in [3.05, 3.63) is 60.2 Å². The summed E-state index contributed by atoms with van der Waals surface area (Å²) in [5.74, 6) is 0.855. The fourth-order valence-corrected chi connectivity index (χ4v) is 4.19. The molecule has 4 rings (SSSR count). The van der Waals surface area contributed by atoms with Crippen molar-refractivity contribution in [2.45, 2.75) is 12.0 Å². The Morgan fingerprint density at radius 3 is 2.43 bits per heavy atom. The molecule has 2 aliphatic rings. The van der Waals surface area contributed by atoms with Crippen molar-refractivity contribution in [2.75, 3.05) is 45.2 Å². The number of para-hydroxylation sites is 1. The van der Waals surface area contributed by atoms with E-state index >= 15 is 0 Å². The minimum atomic E-state index is -0.216. The number of methoxy groups -OCH3 is 1. The minimum Gasteiger partial charge on any atom is -0.497 e. The van der Waals surface area contributed by atoms with E-state index in [-0.39, 0.29) is 17.4 Å². The summed E-state index contributed by atoms with van der Waals surface area (Å²) < 4.78 is 5.17. The first-order chi connectivity index (χ1) is 13.5. The summed E-state index contributed by atoms with van der Waals surface area (Å²) in [5.41, 5.74) is 1.36. The van der Waals surface area contributed by atoms with Crippen molar-refractivity contribution >= 4 is 17.5 Å². The standard InChI is InChI=1S/C22H25N3O3/c1-23-14-20(26)25(18-6-4-3-5-7-18)16-22(23)12-13-24(15-22)21(27)17-8-10-19(28-2)11-9-17/h3-11H,12-16H2,1-2H3/t22-/m1/s1. The molecule has 2 amide bonds. The number of benzene rings is 2. The Balaban J connectivity index is 1.53. The van der Waals surface area contributed by atoms with Gasteiger partial charge in [-0.3, -0.25) is 14.5 Å². The van der Waals surface area contributed by atoms with E-state index in [2.05, 4.69) is 4.90 Å². The number of carbonyl (C=O) groups is 2. The highest BCUT2D eigenvalue weighted by molar-refractivity contribution is 5.97. The molecule has 2 fully saturated rings. The molecule has 1 atom stereocenters. The number of hydrogen-bond donors (Lipinski definition) is 0. The van der Waals surface area contributed by atoms with Crippen LogP contribution >= 0.6 is 0 Å². The summed E-state index contributed by atoms with van der Waals surface area (Å²) in [5, 5.41) is 0. The Bertz CT molecular complexity index is 868. The van der Waals surface area contributed by atoms with Crippen molar-refractivity contribution in [3.63, 3.8) is 0 Å². The second-order valence-corrected chi connectivity index (χ2v) is 7.60. The maximum Gasteiger partial charge on any atom is 0.253 e. The van der Waals surface area contributed by atoms with E-state index < -0.39 is 0 Å². The van der Waals surface area contributed by atoms with Gasteiger partial charge in [-0.25, -0.2) is 0 Å². The van der Waals surface area contributed by atoms with Crippen molar-refractivity contribution in [1.29, 1.82) is 0 Å². The topological polar surface area (TPSA) is 53.1 Å². The van der Waals surface area contributed by atoms with Gasteiger partial charge in [0.05, 0.1) is 19.2 Å². The predicted octanol–water partition coefficient (Wildman–Crippen LogP) is 2.26. The quantitative estimate of drug-likeness (QED) is 0.821. The van der Waals surface area contributed by atoms with Crippen molar-refractivity contribution in [3.8, 4) is 5.75 Å². The number of rotatable bonds is 3. The number of hydrogen-bond acceptors (Lipinski definition) is 4. The van der Waals surface area contributed by atoms with Crippen LogP contribution in [0.25, 0.3) is 0 Å². The first-order valence-electron chi connectivity index (χ1n) is 9.52. The molecule has 0 aromatic heterocycles. The summed E-state index contributed by atoms with van der Waals surface area (Å²) in [7, 11) is 3.60. The number of likely N-dealkylation sites (N-methyl/N-ethyl adjacent to an activating group) is 1. The molecule has 2 heterocycles. The van der Waals surface area contributed by atoms with Gasteiger partial charge in [-0.2, -0.15) is 0 Å². The zero-order valence-electron chi connectivity index (χ0n) is 16.3. The molecule has 28 heavy (non-hydrogen) atoms. The van der Waals surface area contributed by atoms with Gasteiger partial charge in [-0.1, -0.05) is 18.2 Å². The number of nitrogens with zero attached hydrogens (tertiary/aromatic N) is 3. The van der Waals surface area contributed by atoms with Crippen molar-refractivity contribution < 1.29 is 14.3 Å². The SMILES string of the molecule is COc1ccc(C(=O)N2CC[C@@]3(C2)CN(c2ccccc2)C(=O)CN3C)cc1. The fraction of sp³-hybridized carbons (Fsp3) is 0.364. The molecule has 0 radical (unpaired) electrons. The van der Waals surface area contributed by atoms with Crippen LogP contribution in [-0.2, 0) is 4.79 Å². The van der Waals surface area contributed by atoms with Crippen LogP contribution in [0.3, 0.4) is 0 Å². The van der Waals surface area contributed by atoms with Crippen molar-refractivity contribution in [1.82, 2.24) is 9.80 Å². The van der Waals surface area contributed by atoms with Crippen LogP contribution in [0.4, 0.5) is 5.69 Å². The van der Waals surface area contributed by atoms with E-state index in [9.17, 15) is 9.59 Å². The normalized spacial score (nSPS) is 22.7. The average Bonchev–Trinajstić information content (AvgIpc) is 3.16. The largest absolute Gasteiger partial charge is 0.497 e. The number of ether oxygens (including phenoxy) is 1. The van der Waals surface area contributed by atoms with E-state index in [4.69, 9.17) is 4.74 Å². The Hall–Kier alpha value is -2.86. The average molecular weight is 379 g/mol. The molecular weight excluding hydrogens is 354 g/mol. The Kier molecular flexibility index (Phi) is 4.81. The lowest BCUT2D eigenvalue weighted by Gasteiger charge is -2.46. The summed E-state index contributed by atoms with van der Waals surface area (Å²) >= 11 is 0. The zero-order valence-corrected chi connectivity index (χ0v) is 16.3. The molecule has 6 heteroatoms. The van der Waals surface area contributed by atoms with Gasteiger partial charge in [0.1, 0.15) is 5.75 Å². The molecule has 0 unspecified atom stereocenters. The van der Waals surface area contributed by atoms with Crippen LogP contribution in [-0.4, -0.2) is 67.5 Å². The molecule has 2 aliphatic heterocycles. The smallest absolute Gasteiger partial charge is 0.253 e. The molecule has 0 N–H and O–H groups in total. The van der Waals surface area contributed by atoms with E-state index in [0.29, 0.717) is 31.7 Å².